The molecule has 0 aliphatic carbocycles. The lowest BCUT2D eigenvalue weighted by Crippen LogP contribution is -2.28. The number of carbonyl (C=O) groups is 1. The van der Waals surface area contributed by atoms with Gasteiger partial charge in [-0.05, 0) is 24.7 Å². The van der Waals surface area contributed by atoms with Gasteiger partial charge < -0.3 is 14.9 Å². The summed E-state index contributed by atoms with van der Waals surface area (Å²) in [6, 6.07) is 1.92. The first kappa shape index (κ1) is 13.7. The maximum atomic E-state index is 13.5. The molecular formula is C12H13F2N3OS. The van der Waals surface area contributed by atoms with Crippen LogP contribution in [0.3, 0.4) is 0 Å². The predicted octanol–water partition coefficient (Wildman–Crippen LogP) is 2.50. The van der Waals surface area contributed by atoms with Crippen LogP contribution in [0.4, 0.5) is 8.78 Å². The van der Waals surface area contributed by atoms with Crippen molar-refractivity contribution in [3.05, 3.63) is 28.5 Å². The Hall–Kier alpha value is -1.76. The first-order chi connectivity index (χ1) is 9.02. The molecule has 0 unspecified atom stereocenters. The largest absolute Gasteiger partial charge is 0.355 e. The number of fused-ring (bicyclic) bond motifs is 1. The van der Waals surface area contributed by atoms with Crippen molar-refractivity contribution in [1.29, 1.82) is 0 Å². The normalized spacial score (nSPS) is 10.9. The number of aromatic amines is 1. The topological polar surface area (TPSA) is 49.8 Å². The van der Waals surface area contributed by atoms with Crippen molar-refractivity contribution in [3.63, 3.8) is 0 Å². The Morgan fingerprint density at radius 2 is 2.21 bits per heavy atom. The van der Waals surface area contributed by atoms with Crippen molar-refractivity contribution < 1.29 is 13.6 Å². The highest BCUT2D eigenvalue weighted by Crippen LogP contribution is 2.19. The Morgan fingerprint density at radius 1 is 1.47 bits per heavy atom. The lowest BCUT2D eigenvalue weighted by Gasteiger charge is -2.05. The molecule has 7 heteroatoms. The van der Waals surface area contributed by atoms with Crippen LogP contribution in [0.5, 0.6) is 0 Å². The molecule has 0 atom stereocenters. The summed E-state index contributed by atoms with van der Waals surface area (Å²) in [5.41, 5.74) is 0.351. The highest BCUT2D eigenvalue weighted by atomic mass is 32.1. The van der Waals surface area contributed by atoms with Crippen molar-refractivity contribution in [3.8, 4) is 0 Å². The molecule has 2 N–H and O–H groups in total. The van der Waals surface area contributed by atoms with E-state index in [2.05, 4.69) is 10.3 Å². The van der Waals surface area contributed by atoms with Gasteiger partial charge in [0.1, 0.15) is 17.9 Å². The molecule has 0 bridgehead atoms. The fourth-order valence-electron chi connectivity index (χ4n) is 1.80. The summed E-state index contributed by atoms with van der Waals surface area (Å²) >= 11 is 5.03. The van der Waals surface area contributed by atoms with E-state index in [4.69, 9.17) is 12.2 Å². The van der Waals surface area contributed by atoms with Crippen molar-refractivity contribution in [2.45, 2.75) is 19.9 Å². The number of amides is 1. The van der Waals surface area contributed by atoms with Crippen molar-refractivity contribution in [2.75, 3.05) is 6.54 Å². The highest BCUT2D eigenvalue weighted by molar-refractivity contribution is 7.71. The molecule has 0 aliphatic rings. The van der Waals surface area contributed by atoms with E-state index < -0.39 is 11.6 Å². The second-order valence-corrected chi connectivity index (χ2v) is 4.53. The summed E-state index contributed by atoms with van der Waals surface area (Å²) < 4.78 is 28.3. The van der Waals surface area contributed by atoms with Crippen LogP contribution >= 0.6 is 12.2 Å². The van der Waals surface area contributed by atoms with Crippen LogP contribution in [0.25, 0.3) is 11.0 Å². The van der Waals surface area contributed by atoms with Crippen molar-refractivity contribution in [1.82, 2.24) is 14.9 Å². The van der Waals surface area contributed by atoms with E-state index in [0.717, 1.165) is 18.6 Å². The van der Waals surface area contributed by atoms with Crippen LogP contribution in [0.2, 0.25) is 0 Å². The Balaban J connectivity index is 2.40. The molecule has 2 aromatic rings. The van der Waals surface area contributed by atoms with Crippen LogP contribution < -0.4 is 5.32 Å². The number of hydrogen-bond donors (Lipinski definition) is 2. The van der Waals surface area contributed by atoms with E-state index in [9.17, 15) is 13.6 Å². The zero-order chi connectivity index (χ0) is 14.0. The zero-order valence-electron chi connectivity index (χ0n) is 10.3. The molecule has 0 radical (unpaired) electrons. The number of nitrogens with zero attached hydrogens (tertiary/aromatic N) is 1. The maximum absolute atomic E-state index is 13.5. The zero-order valence-corrected chi connectivity index (χ0v) is 11.1. The fraction of sp³-hybridized carbons (Fsp3) is 0.333. The molecular weight excluding hydrogens is 272 g/mol. The van der Waals surface area contributed by atoms with E-state index in [1.165, 1.54) is 4.57 Å². The summed E-state index contributed by atoms with van der Waals surface area (Å²) in [5, 5.41) is 2.68. The number of hydrogen-bond acceptors (Lipinski definition) is 2. The molecule has 0 spiro atoms. The molecule has 19 heavy (non-hydrogen) atoms. The molecule has 1 aromatic heterocycles. The number of nitrogens with one attached hydrogen (secondary N) is 2. The van der Waals surface area contributed by atoms with E-state index in [-0.39, 0.29) is 28.3 Å². The van der Waals surface area contributed by atoms with Crippen LogP contribution in [0.15, 0.2) is 12.1 Å². The Kier molecular flexibility index (Phi) is 3.94. The monoisotopic (exact) mass is 285 g/mol. The van der Waals surface area contributed by atoms with Crippen LogP contribution in [-0.4, -0.2) is 22.0 Å². The minimum Gasteiger partial charge on any atom is -0.355 e. The van der Waals surface area contributed by atoms with Crippen LogP contribution in [-0.2, 0) is 11.3 Å². The summed E-state index contributed by atoms with van der Waals surface area (Å²) in [5.74, 6) is -1.68. The van der Waals surface area contributed by atoms with E-state index in [1.54, 1.807) is 0 Å². The summed E-state index contributed by atoms with van der Waals surface area (Å²) in [7, 11) is 0. The lowest BCUT2D eigenvalue weighted by molar-refractivity contribution is -0.121. The number of rotatable bonds is 4. The van der Waals surface area contributed by atoms with Gasteiger partial charge in [-0.15, -0.1) is 0 Å². The molecule has 4 nitrogen and oxygen atoms in total. The van der Waals surface area contributed by atoms with Gasteiger partial charge in [0.15, 0.2) is 10.6 Å². The first-order valence-electron chi connectivity index (χ1n) is 5.87. The van der Waals surface area contributed by atoms with Crippen molar-refractivity contribution in [2.24, 2.45) is 0 Å². The van der Waals surface area contributed by atoms with E-state index >= 15 is 0 Å². The second kappa shape index (κ2) is 5.48. The molecule has 0 fully saturated rings. The molecule has 1 aromatic carbocycles. The molecule has 1 heterocycles. The Labute approximate surface area is 113 Å². The van der Waals surface area contributed by atoms with Crippen LogP contribution in [0, 0.1) is 16.4 Å². The number of aromatic nitrogens is 2. The Morgan fingerprint density at radius 3 is 2.89 bits per heavy atom. The quantitative estimate of drug-likeness (QED) is 0.848. The van der Waals surface area contributed by atoms with Gasteiger partial charge in [0.2, 0.25) is 5.91 Å². The third-order valence-corrected chi connectivity index (χ3v) is 3.00. The molecule has 2 rings (SSSR count). The smallest absolute Gasteiger partial charge is 0.240 e. The molecule has 102 valence electrons. The first-order valence-corrected chi connectivity index (χ1v) is 6.28. The van der Waals surface area contributed by atoms with Gasteiger partial charge in [-0.3, -0.25) is 4.79 Å². The van der Waals surface area contributed by atoms with E-state index in [0.29, 0.717) is 6.54 Å². The van der Waals surface area contributed by atoms with Gasteiger partial charge in [-0.2, -0.15) is 0 Å². The number of imidazole rings is 1. The Bertz CT molecular complexity index is 677. The van der Waals surface area contributed by atoms with E-state index in [1.807, 2.05) is 6.92 Å². The number of halogens is 2. The summed E-state index contributed by atoms with van der Waals surface area (Å²) in [6.45, 7) is 2.42. The average molecular weight is 285 g/mol. The molecule has 0 saturated carbocycles. The fourth-order valence-corrected chi connectivity index (χ4v) is 2.07. The average Bonchev–Trinajstić information content (AvgIpc) is 2.65. The second-order valence-electron chi connectivity index (χ2n) is 4.15. The molecule has 0 aliphatic heterocycles. The third kappa shape index (κ3) is 2.81. The van der Waals surface area contributed by atoms with Gasteiger partial charge in [0.05, 0.1) is 5.52 Å². The standard InChI is InChI=1S/C12H13F2N3OS/c1-2-3-15-10(18)6-17-9-5-7(13)4-8(14)11(9)16-12(17)19/h4-5H,2-3,6H2,1H3,(H,15,18)(H,16,19). The minimum atomic E-state index is -0.728. The number of benzene rings is 1. The summed E-state index contributed by atoms with van der Waals surface area (Å²) in [4.78, 5) is 14.3. The molecule has 0 saturated heterocycles. The molecule has 1 amide bonds. The van der Waals surface area contributed by atoms with Gasteiger partial charge >= 0.3 is 0 Å². The minimum absolute atomic E-state index is 0.0677. The van der Waals surface area contributed by atoms with Crippen molar-refractivity contribution >= 4 is 29.2 Å². The SMILES string of the molecule is CCCNC(=O)Cn1c(=S)[nH]c2c(F)cc(F)cc21. The van der Waals surface area contributed by atoms with Gasteiger partial charge in [0, 0.05) is 12.6 Å². The number of H-pyrrole nitrogens is 1. The maximum Gasteiger partial charge on any atom is 0.240 e. The van der Waals surface area contributed by atoms with Gasteiger partial charge in [-0.25, -0.2) is 8.78 Å². The number of carbonyl (C=O) groups excluding carboxylic acids is 1. The highest BCUT2D eigenvalue weighted by Gasteiger charge is 2.13. The third-order valence-electron chi connectivity index (χ3n) is 2.68. The lowest BCUT2D eigenvalue weighted by atomic mass is 10.3. The van der Waals surface area contributed by atoms with Gasteiger partial charge in [0.25, 0.3) is 0 Å². The van der Waals surface area contributed by atoms with Gasteiger partial charge in [-0.1, -0.05) is 6.92 Å². The summed E-state index contributed by atoms with van der Waals surface area (Å²) in [6.07, 6.45) is 0.814. The van der Waals surface area contributed by atoms with Crippen LogP contribution in [0.1, 0.15) is 13.3 Å². The predicted molar refractivity (Wildman–Crippen MR) is 70.3 cm³/mol.